The average Bonchev–Trinajstić information content (AvgIpc) is 3.28. The number of ketones is 1. The minimum Gasteiger partial charge on any atom is -0.385 e. The summed E-state index contributed by atoms with van der Waals surface area (Å²) in [6.45, 7) is 6.12. The first kappa shape index (κ1) is 31.1. The first-order valence-electron chi connectivity index (χ1n) is 13.3. The Balaban J connectivity index is 1.68. The van der Waals surface area contributed by atoms with Crippen LogP contribution in [0, 0.1) is 5.82 Å². The summed E-state index contributed by atoms with van der Waals surface area (Å²) in [6.07, 6.45) is 9.96. The Bertz CT molecular complexity index is 1230. The second kappa shape index (κ2) is 16.6. The number of carbonyl (C=O) groups excluding carboxylic acids is 1. The van der Waals surface area contributed by atoms with Crippen molar-refractivity contribution in [2.24, 2.45) is 0 Å². The van der Waals surface area contributed by atoms with Crippen LogP contribution in [0.25, 0.3) is 10.2 Å². The van der Waals surface area contributed by atoms with Crippen LogP contribution in [0.15, 0.2) is 36.7 Å². The molecule has 0 aliphatic heterocycles. The normalized spacial score (nSPS) is 11.7. The van der Waals surface area contributed by atoms with Gasteiger partial charge in [0.05, 0.1) is 10.4 Å². The number of halogens is 2. The molecule has 7 nitrogen and oxygen atoms in total. The van der Waals surface area contributed by atoms with E-state index in [4.69, 9.17) is 21.1 Å². The zero-order valence-electron chi connectivity index (χ0n) is 23.0. The van der Waals surface area contributed by atoms with Crippen molar-refractivity contribution in [2.75, 3.05) is 52.4 Å². The second-order valence-corrected chi connectivity index (χ2v) is 10.8. The van der Waals surface area contributed by atoms with Gasteiger partial charge in [0.25, 0.3) is 0 Å². The molecule has 3 rings (SSSR count). The standard InChI is InChI=1S/C29H38ClFN4O3S/c1-4-8-23-26(13-11-22(36)9-5-14-35(15-6-17-37-2)16-7-18-38-3)39-29-27(23)28(32-20-33-29)34-21-10-12-25(31)24(30)19-21/h5,9-10,12,19-20H,4,6-8,11,13-18H2,1-3H3,(H,32,33,34)/b9-5+. The zero-order valence-corrected chi connectivity index (χ0v) is 24.5. The van der Waals surface area contributed by atoms with Gasteiger partial charge in [-0.05, 0) is 55.5 Å². The van der Waals surface area contributed by atoms with E-state index in [1.165, 1.54) is 12.4 Å². The van der Waals surface area contributed by atoms with E-state index < -0.39 is 5.82 Å². The molecular formula is C29H38ClFN4O3S. The number of nitrogens with one attached hydrogen (secondary N) is 1. The molecule has 2 heterocycles. The van der Waals surface area contributed by atoms with Gasteiger partial charge in [0.1, 0.15) is 22.8 Å². The van der Waals surface area contributed by atoms with E-state index in [0.29, 0.717) is 24.3 Å². The van der Waals surface area contributed by atoms with Gasteiger partial charge in [0.2, 0.25) is 0 Å². The number of anilines is 2. The van der Waals surface area contributed by atoms with E-state index in [1.54, 1.807) is 43.8 Å². The van der Waals surface area contributed by atoms with Crippen molar-refractivity contribution >= 4 is 50.4 Å². The van der Waals surface area contributed by atoms with E-state index in [-0.39, 0.29) is 10.8 Å². The number of benzene rings is 1. The lowest BCUT2D eigenvalue weighted by Crippen LogP contribution is -2.27. The van der Waals surface area contributed by atoms with Crippen LogP contribution in [0.5, 0.6) is 0 Å². The third-order valence-corrected chi connectivity index (χ3v) is 7.75. The molecule has 0 amide bonds. The first-order chi connectivity index (χ1) is 19.0. The van der Waals surface area contributed by atoms with Gasteiger partial charge in [-0.2, -0.15) is 0 Å². The van der Waals surface area contributed by atoms with E-state index in [9.17, 15) is 9.18 Å². The number of carbonyl (C=O) groups is 1. The Morgan fingerprint density at radius 2 is 1.90 bits per heavy atom. The van der Waals surface area contributed by atoms with E-state index >= 15 is 0 Å². The average molecular weight is 577 g/mol. The number of aromatic nitrogens is 2. The van der Waals surface area contributed by atoms with Gasteiger partial charge in [0.15, 0.2) is 5.78 Å². The molecule has 10 heteroatoms. The van der Waals surface area contributed by atoms with Crippen molar-refractivity contribution in [1.82, 2.24) is 14.9 Å². The number of aryl methyl sites for hydroxylation is 2. The quantitative estimate of drug-likeness (QED) is 0.135. The minimum absolute atomic E-state index is 0.0460. The molecule has 3 aromatic rings. The van der Waals surface area contributed by atoms with Crippen molar-refractivity contribution in [2.45, 2.75) is 45.4 Å². The lowest BCUT2D eigenvalue weighted by Gasteiger charge is -2.20. The SMILES string of the molecule is CCCc1c(CCC(=O)/C=C/CN(CCCOC)CCCOC)sc2ncnc(Nc3ccc(F)c(Cl)c3)c12. The van der Waals surface area contributed by atoms with Gasteiger partial charge in [-0.25, -0.2) is 14.4 Å². The first-order valence-corrected chi connectivity index (χ1v) is 14.5. The zero-order chi connectivity index (χ0) is 28.0. The minimum atomic E-state index is -0.469. The Morgan fingerprint density at radius 1 is 1.15 bits per heavy atom. The molecule has 0 aliphatic carbocycles. The molecule has 0 saturated carbocycles. The van der Waals surface area contributed by atoms with Crippen molar-refractivity contribution in [3.05, 3.63) is 58.0 Å². The van der Waals surface area contributed by atoms with Gasteiger partial charge < -0.3 is 14.8 Å². The number of rotatable bonds is 18. The third kappa shape index (κ3) is 9.61. The number of ether oxygens (including phenoxy) is 2. The number of hydrogen-bond acceptors (Lipinski definition) is 8. The Labute approximate surface area is 239 Å². The Morgan fingerprint density at radius 3 is 2.56 bits per heavy atom. The molecule has 0 aliphatic rings. The summed E-state index contributed by atoms with van der Waals surface area (Å²) in [6, 6.07) is 4.49. The van der Waals surface area contributed by atoms with E-state index in [2.05, 4.69) is 27.1 Å². The van der Waals surface area contributed by atoms with Crippen molar-refractivity contribution in [3.63, 3.8) is 0 Å². The third-order valence-electron chi connectivity index (χ3n) is 6.26. The summed E-state index contributed by atoms with van der Waals surface area (Å²) >= 11 is 7.57. The smallest absolute Gasteiger partial charge is 0.155 e. The monoisotopic (exact) mass is 576 g/mol. The van der Waals surface area contributed by atoms with Crippen LogP contribution in [0.1, 0.15) is 43.0 Å². The Hall–Kier alpha value is -2.43. The van der Waals surface area contributed by atoms with Gasteiger partial charge in [0, 0.05) is 64.1 Å². The van der Waals surface area contributed by atoms with Gasteiger partial charge in [-0.3, -0.25) is 9.69 Å². The maximum absolute atomic E-state index is 13.6. The lowest BCUT2D eigenvalue weighted by atomic mass is 10.0. The fraction of sp³-hybridized carbons (Fsp3) is 0.483. The summed E-state index contributed by atoms with van der Waals surface area (Å²) in [4.78, 5) is 26.0. The molecule has 0 bridgehead atoms. The molecule has 1 aromatic carbocycles. The molecule has 0 fully saturated rings. The lowest BCUT2D eigenvalue weighted by molar-refractivity contribution is -0.114. The van der Waals surface area contributed by atoms with Crippen LogP contribution in [0.4, 0.5) is 15.9 Å². The highest BCUT2D eigenvalue weighted by Crippen LogP contribution is 2.37. The predicted octanol–water partition coefficient (Wildman–Crippen LogP) is 6.61. The number of nitrogens with zero attached hydrogens (tertiary/aromatic N) is 3. The fourth-order valence-corrected chi connectivity index (χ4v) is 5.74. The highest BCUT2D eigenvalue weighted by atomic mass is 35.5. The van der Waals surface area contributed by atoms with Crippen LogP contribution in [0.3, 0.4) is 0 Å². The highest BCUT2D eigenvalue weighted by molar-refractivity contribution is 7.19. The molecule has 0 radical (unpaired) electrons. The van der Waals surface area contributed by atoms with Gasteiger partial charge >= 0.3 is 0 Å². The molecule has 39 heavy (non-hydrogen) atoms. The number of thiophene rings is 1. The van der Waals surface area contributed by atoms with Crippen molar-refractivity contribution in [3.8, 4) is 0 Å². The predicted molar refractivity (Wildman–Crippen MR) is 158 cm³/mol. The molecule has 0 atom stereocenters. The molecule has 0 saturated heterocycles. The van der Waals surface area contributed by atoms with Gasteiger partial charge in [-0.15, -0.1) is 11.3 Å². The molecule has 212 valence electrons. The summed E-state index contributed by atoms with van der Waals surface area (Å²) in [5, 5.41) is 4.27. The maximum atomic E-state index is 13.6. The van der Waals surface area contributed by atoms with Gasteiger partial charge in [-0.1, -0.05) is 31.0 Å². The van der Waals surface area contributed by atoms with Crippen LogP contribution < -0.4 is 5.32 Å². The summed E-state index contributed by atoms with van der Waals surface area (Å²) in [5.41, 5.74) is 1.81. The van der Waals surface area contributed by atoms with Crippen LogP contribution in [-0.2, 0) is 27.1 Å². The number of allylic oxidation sites excluding steroid dienone is 1. The van der Waals surface area contributed by atoms with Crippen molar-refractivity contribution < 1.29 is 18.7 Å². The molecule has 0 spiro atoms. The largest absolute Gasteiger partial charge is 0.385 e. The van der Waals surface area contributed by atoms with Crippen LogP contribution in [-0.4, -0.2) is 67.7 Å². The summed E-state index contributed by atoms with van der Waals surface area (Å²) in [7, 11) is 3.42. The van der Waals surface area contributed by atoms with E-state index in [0.717, 1.165) is 79.2 Å². The number of methoxy groups -OCH3 is 2. The van der Waals surface area contributed by atoms with E-state index in [1.807, 2.05) is 6.08 Å². The topological polar surface area (TPSA) is 76.6 Å². The van der Waals surface area contributed by atoms with Crippen LogP contribution in [0.2, 0.25) is 5.02 Å². The number of fused-ring (bicyclic) bond motifs is 1. The van der Waals surface area contributed by atoms with Crippen molar-refractivity contribution in [1.29, 1.82) is 0 Å². The summed E-state index contributed by atoms with van der Waals surface area (Å²) < 4.78 is 24.0. The second-order valence-electron chi connectivity index (χ2n) is 9.27. The highest BCUT2D eigenvalue weighted by Gasteiger charge is 2.18. The molecule has 0 unspecified atom stereocenters. The summed E-state index contributed by atoms with van der Waals surface area (Å²) in [5.74, 6) is 0.291. The number of hydrogen-bond donors (Lipinski definition) is 1. The molecular weight excluding hydrogens is 539 g/mol. The Kier molecular flexibility index (Phi) is 13.3. The maximum Gasteiger partial charge on any atom is 0.155 e. The molecule has 2 aromatic heterocycles. The molecule has 1 N–H and O–H groups in total. The van der Waals surface area contributed by atoms with Crippen LogP contribution >= 0.6 is 22.9 Å². The fourth-order valence-electron chi connectivity index (χ4n) is 4.37.